The van der Waals surface area contributed by atoms with Crippen LogP contribution in [0.15, 0.2) is 0 Å². The molecule has 0 aromatic rings. The summed E-state index contributed by atoms with van der Waals surface area (Å²) in [6, 6.07) is 0. The summed E-state index contributed by atoms with van der Waals surface area (Å²) in [5, 5.41) is 3.00. The van der Waals surface area contributed by atoms with Crippen molar-refractivity contribution in [2.24, 2.45) is 11.8 Å². The lowest BCUT2D eigenvalue weighted by atomic mass is 9.89. The Labute approximate surface area is 122 Å². The standard InChI is InChI=1S/C15H28N2O3/c1-12(15(19)20-3)10-17(2)11-14(18)16-9-13-7-5-4-6-8-13/h12-13H,4-11H2,1-3H3,(H,16,18). The van der Waals surface area contributed by atoms with Crippen LogP contribution in [0.5, 0.6) is 0 Å². The normalized spacial score (nSPS) is 17.8. The van der Waals surface area contributed by atoms with Crippen molar-refractivity contribution in [3.05, 3.63) is 0 Å². The highest BCUT2D eigenvalue weighted by molar-refractivity contribution is 5.78. The van der Waals surface area contributed by atoms with Crippen LogP contribution < -0.4 is 5.32 Å². The first-order chi connectivity index (χ1) is 9.52. The Morgan fingerprint density at radius 2 is 1.95 bits per heavy atom. The van der Waals surface area contributed by atoms with Gasteiger partial charge in [-0.3, -0.25) is 14.5 Å². The first-order valence-corrected chi connectivity index (χ1v) is 7.56. The maximum atomic E-state index is 11.8. The number of rotatable bonds is 7. The zero-order valence-electron chi connectivity index (χ0n) is 13.0. The second-order valence-electron chi connectivity index (χ2n) is 5.93. The Morgan fingerprint density at radius 1 is 1.30 bits per heavy atom. The van der Waals surface area contributed by atoms with Crippen molar-refractivity contribution < 1.29 is 14.3 Å². The molecule has 1 saturated carbocycles. The number of carbonyl (C=O) groups excluding carboxylic acids is 2. The topological polar surface area (TPSA) is 58.6 Å². The van der Waals surface area contributed by atoms with Gasteiger partial charge < -0.3 is 10.1 Å². The lowest BCUT2D eigenvalue weighted by Crippen LogP contribution is -2.40. The second-order valence-corrected chi connectivity index (χ2v) is 5.93. The van der Waals surface area contributed by atoms with Crippen LogP contribution in [0.25, 0.3) is 0 Å². The molecule has 1 aliphatic carbocycles. The van der Waals surface area contributed by atoms with Crippen molar-refractivity contribution >= 4 is 11.9 Å². The van der Waals surface area contributed by atoms with Gasteiger partial charge in [-0.2, -0.15) is 0 Å². The maximum absolute atomic E-state index is 11.8. The Bertz CT molecular complexity index is 314. The molecule has 0 radical (unpaired) electrons. The molecule has 1 atom stereocenters. The monoisotopic (exact) mass is 284 g/mol. The average Bonchev–Trinajstić information content (AvgIpc) is 2.45. The predicted molar refractivity (Wildman–Crippen MR) is 78.3 cm³/mol. The van der Waals surface area contributed by atoms with Gasteiger partial charge >= 0.3 is 5.97 Å². The highest BCUT2D eigenvalue weighted by Gasteiger charge is 2.18. The summed E-state index contributed by atoms with van der Waals surface area (Å²) in [5.74, 6) is 0.234. The molecule has 0 aromatic carbocycles. The number of nitrogens with zero attached hydrogens (tertiary/aromatic N) is 1. The zero-order valence-corrected chi connectivity index (χ0v) is 13.0. The summed E-state index contributed by atoms with van der Waals surface area (Å²) in [5.41, 5.74) is 0. The fourth-order valence-electron chi connectivity index (χ4n) is 2.76. The van der Waals surface area contributed by atoms with Crippen LogP contribution in [-0.4, -0.2) is 50.6 Å². The molecule has 5 heteroatoms. The van der Waals surface area contributed by atoms with Gasteiger partial charge in [-0.15, -0.1) is 0 Å². The molecule has 20 heavy (non-hydrogen) atoms. The Morgan fingerprint density at radius 3 is 2.55 bits per heavy atom. The lowest BCUT2D eigenvalue weighted by molar-refractivity contribution is -0.145. The highest BCUT2D eigenvalue weighted by atomic mass is 16.5. The summed E-state index contributed by atoms with van der Waals surface area (Å²) in [6.07, 6.45) is 6.37. The van der Waals surface area contributed by atoms with Crippen LogP contribution in [0.4, 0.5) is 0 Å². The third-order valence-electron chi connectivity index (χ3n) is 3.92. The first-order valence-electron chi connectivity index (χ1n) is 7.56. The molecule has 1 amide bonds. The third kappa shape index (κ3) is 6.37. The molecular weight excluding hydrogens is 256 g/mol. The third-order valence-corrected chi connectivity index (χ3v) is 3.92. The van der Waals surface area contributed by atoms with Crippen LogP contribution >= 0.6 is 0 Å². The van der Waals surface area contributed by atoms with E-state index < -0.39 is 0 Å². The van der Waals surface area contributed by atoms with E-state index in [2.05, 4.69) is 10.1 Å². The first kappa shape index (κ1) is 17.0. The van der Waals surface area contributed by atoms with E-state index >= 15 is 0 Å². The zero-order chi connectivity index (χ0) is 15.0. The number of esters is 1. The molecule has 116 valence electrons. The van der Waals surface area contributed by atoms with Gasteiger partial charge in [0.15, 0.2) is 0 Å². The van der Waals surface area contributed by atoms with Crippen LogP contribution in [0.1, 0.15) is 39.0 Å². The number of hydrogen-bond acceptors (Lipinski definition) is 4. The van der Waals surface area contributed by atoms with Crippen molar-refractivity contribution in [3.63, 3.8) is 0 Å². The van der Waals surface area contributed by atoms with E-state index in [0.29, 0.717) is 19.0 Å². The Kier molecular flexibility index (Phi) is 7.59. The van der Waals surface area contributed by atoms with E-state index in [-0.39, 0.29) is 17.8 Å². The molecule has 1 unspecified atom stereocenters. The second kappa shape index (κ2) is 8.95. The molecule has 1 N–H and O–H groups in total. The van der Waals surface area contributed by atoms with E-state index in [0.717, 1.165) is 6.54 Å². The van der Waals surface area contributed by atoms with Gasteiger partial charge in [0.2, 0.25) is 5.91 Å². The molecule has 0 heterocycles. The molecule has 0 aliphatic heterocycles. The van der Waals surface area contributed by atoms with E-state index in [1.807, 2.05) is 18.9 Å². The van der Waals surface area contributed by atoms with E-state index in [9.17, 15) is 9.59 Å². The quantitative estimate of drug-likeness (QED) is 0.718. The molecule has 0 bridgehead atoms. The van der Waals surface area contributed by atoms with Gasteiger partial charge in [-0.25, -0.2) is 0 Å². The summed E-state index contributed by atoms with van der Waals surface area (Å²) in [7, 11) is 3.23. The van der Waals surface area contributed by atoms with Crippen LogP contribution in [0.3, 0.4) is 0 Å². The number of hydrogen-bond donors (Lipinski definition) is 1. The summed E-state index contributed by atoms with van der Waals surface area (Å²) in [6.45, 7) is 3.46. The number of likely N-dealkylation sites (N-methyl/N-ethyl adjacent to an activating group) is 1. The smallest absolute Gasteiger partial charge is 0.309 e. The van der Waals surface area contributed by atoms with Crippen LogP contribution in [0.2, 0.25) is 0 Å². The van der Waals surface area contributed by atoms with Crippen molar-refractivity contribution in [3.8, 4) is 0 Å². The summed E-state index contributed by atoms with van der Waals surface area (Å²) in [4.78, 5) is 25.0. The molecule has 1 aliphatic rings. The van der Waals surface area contributed by atoms with E-state index in [4.69, 9.17) is 0 Å². The van der Waals surface area contributed by atoms with Crippen LogP contribution in [0, 0.1) is 11.8 Å². The molecule has 0 saturated heterocycles. The Balaban J connectivity index is 2.18. The molecule has 1 rings (SSSR count). The molecule has 1 fully saturated rings. The maximum Gasteiger partial charge on any atom is 0.309 e. The van der Waals surface area contributed by atoms with E-state index in [1.54, 1.807) is 0 Å². The number of carbonyl (C=O) groups is 2. The number of amides is 1. The van der Waals surface area contributed by atoms with Gasteiger partial charge in [0.25, 0.3) is 0 Å². The highest BCUT2D eigenvalue weighted by Crippen LogP contribution is 2.22. The van der Waals surface area contributed by atoms with Crippen molar-refractivity contribution in [1.82, 2.24) is 10.2 Å². The number of ether oxygens (including phenoxy) is 1. The fourth-order valence-corrected chi connectivity index (χ4v) is 2.76. The lowest BCUT2D eigenvalue weighted by Gasteiger charge is -2.23. The predicted octanol–water partition coefficient (Wildman–Crippen LogP) is 1.42. The molecule has 5 nitrogen and oxygen atoms in total. The molecular formula is C15H28N2O3. The Hall–Kier alpha value is -1.10. The van der Waals surface area contributed by atoms with Gasteiger partial charge in [-0.1, -0.05) is 26.2 Å². The summed E-state index contributed by atoms with van der Waals surface area (Å²) < 4.78 is 4.68. The number of nitrogens with one attached hydrogen (secondary N) is 1. The van der Waals surface area contributed by atoms with Gasteiger partial charge in [0.05, 0.1) is 19.6 Å². The van der Waals surface area contributed by atoms with Gasteiger partial charge in [0, 0.05) is 13.1 Å². The van der Waals surface area contributed by atoms with E-state index in [1.165, 1.54) is 39.2 Å². The van der Waals surface area contributed by atoms with Gasteiger partial charge in [-0.05, 0) is 25.8 Å². The van der Waals surface area contributed by atoms with Crippen molar-refractivity contribution in [2.45, 2.75) is 39.0 Å². The summed E-state index contributed by atoms with van der Waals surface area (Å²) >= 11 is 0. The number of methoxy groups -OCH3 is 1. The minimum absolute atomic E-state index is 0.0372. The SMILES string of the molecule is COC(=O)C(C)CN(C)CC(=O)NCC1CCCCC1. The average molecular weight is 284 g/mol. The molecule has 0 aromatic heterocycles. The fraction of sp³-hybridized carbons (Fsp3) is 0.867. The van der Waals surface area contributed by atoms with Crippen molar-refractivity contribution in [2.75, 3.05) is 33.8 Å². The largest absolute Gasteiger partial charge is 0.469 e. The minimum atomic E-state index is -0.237. The molecule has 0 spiro atoms. The minimum Gasteiger partial charge on any atom is -0.469 e. The van der Waals surface area contributed by atoms with Crippen LogP contribution in [-0.2, 0) is 14.3 Å². The van der Waals surface area contributed by atoms with Crippen molar-refractivity contribution in [1.29, 1.82) is 0 Å². The van der Waals surface area contributed by atoms with Gasteiger partial charge in [0.1, 0.15) is 0 Å².